The van der Waals surface area contributed by atoms with Gasteiger partial charge in [-0.2, -0.15) is 13.2 Å². The fourth-order valence-corrected chi connectivity index (χ4v) is 2.37. The molecule has 20 heavy (non-hydrogen) atoms. The Morgan fingerprint density at radius 3 is 2.15 bits per heavy atom. The second kappa shape index (κ2) is 11.0. The van der Waals surface area contributed by atoms with Crippen molar-refractivity contribution in [1.82, 2.24) is 5.32 Å². The van der Waals surface area contributed by atoms with Crippen LogP contribution < -0.4 is 5.32 Å². The highest BCUT2D eigenvalue weighted by atomic mass is 19.4. The Bertz CT molecular complexity index is 254. The first kappa shape index (κ1) is 19.3. The Labute approximate surface area is 120 Å². The first-order valence-corrected chi connectivity index (χ1v) is 7.76. The van der Waals surface area contributed by atoms with Gasteiger partial charge in [0.05, 0.1) is 0 Å². The van der Waals surface area contributed by atoms with E-state index in [0.29, 0.717) is 6.42 Å². The topological polar surface area (TPSA) is 29.1 Å². The number of nitrogens with one attached hydrogen (secondary N) is 1. The van der Waals surface area contributed by atoms with Gasteiger partial charge in [0, 0.05) is 6.54 Å². The Morgan fingerprint density at radius 2 is 1.60 bits per heavy atom. The van der Waals surface area contributed by atoms with Gasteiger partial charge in [0.1, 0.15) is 0 Å². The molecule has 0 spiro atoms. The summed E-state index contributed by atoms with van der Waals surface area (Å²) in [5.74, 6) is -1.07. The largest absolute Gasteiger partial charge is 0.471 e. The second-order valence-electron chi connectivity index (χ2n) is 5.40. The molecule has 0 radical (unpaired) electrons. The van der Waals surface area contributed by atoms with Crippen molar-refractivity contribution in [3.8, 4) is 0 Å². The summed E-state index contributed by atoms with van der Waals surface area (Å²) in [7, 11) is 0. The zero-order valence-electron chi connectivity index (χ0n) is 12.7. The summed E-state index contributed by atoms with van der Waals surface area (Å²) in [6.45, 7) is 4.49. The van der Waals surface area contributed by atoms with E-state index in [2.05, 4.69) is 13.8 Å². The van der Waals surface area contributed by atoms with Crippen molar-refractivity contribution in [3.05, 3.63) is 0 Å². The molecule has 0 aromatic heterocycles. The minimum Gasteiger partial charge on any atom is -0.348 e. The maximum atomic E-state index is 11.9. The molecule has 0 fully saturated rings. The van der Waals surface area contributed by atoms with Gasteiger partial charge in [-0.15, -0.1) is 0 Å². The third-order valence-corrected chi connectivity index (χ3v) is 3.50. The van der Waals surface area contributed by atoms with Crippen LogP contribution in [0.15, 0.2) is 0 Å². The molecule has 120 valence electrons. The van der Waals surface area contributed by atoms with E-state index in [4.69, 9.17) is 0 Å². The first-order chi connectivity index (χ1) is 9.41. The number of halogens is 3. The highest BCUT2D eigenvalue weighted by Gasteiger charge is 2.38. The molecule has 0 bridgehead atoms. The molecule has 0 rings (SSSR count). The Kier molecular flexibility index (Phi) is 10.6. The lowest BCUT2D eigenvalue weighted by molar-refractivity contribution is -0.173. The van der Waals surface area contributed by atoms with Crippen molar-refractivity contribution in [2.75, 3.05) is 6.54 Å². The minimum absolute atomic E-state index is 0.117. The van der Waals surface area contributed by atoms with Gasteiger partial charge >= 0.3 is 12.1 Å². The predicted molar refractivity (Wildman–Crippen MR) is 75.5 cm³/mol. The molecule has 0 aliphatic rings. The van der Waals surface area contributed by atoms with Crippen LogP contribution in [0.2, 0.25) is 0 Å². The van der Waals surface area contributed by atoms with Crippen molar-refractivity contribution in [2.45, 2.75) is 77.8 Å². The summed E-state index contributed by atoms with van der Waals surface area (Å²) < 4.78 is 35.8. The second-order valence-corrected chi connectivity index (χ2v) is 5.40. The molecule has 0 heterocycles. The van der Waals surface area contributed by atoms with Crippen molar-refractivity contribution < 1.29 is 18.0 Å². The van der Waals surface area contributed by atoms with Crippen LogP contribution >= 0.6 is 0 Å². The molecule has 0 saturated heterocycles. The zero-order chi connectivity index (χ0) is 15.4. The van der Waals surface area contributed by atoms with E-state index in [1.165, 1.54) is 32.1 Å². The van der Waals surface area contributed by atoms with Gasteiger partial charge in [-0.05, 0) is 12.3 Å². The fourth-order valence-electron chi connectivity index (χ4n) is 2.37. The molecular weight excluding hydrogens is 267 g/mol. The van der Waals surface area contributed by atoms with Gasteiger partial charge in [0.25, 0.3) is 0 Å². The van der Waals surface area contributed by atoms with Crippen LogP contribution in [0.3, 0.4) is 0 Å². The van der Waals surface area contributed by atoms with Gasteiger partial charge in [0.2, 0.25) is 0 Å². The zero-order valence-corrected chi connectivity index (χ0v) is 12.7. The van der Waals surface area contributed by atoms with Crippen LogP contribution in [-0.4, -0.2) is 18.6 Å². The van der Waals surface area contributed by atoms with E-state index < -0.39 is 12.1 Å². The number of amides is 1. The van der Waals surface area contributed by atoms with Crippen LogP contribution in [0.4, 0.5) is 13.2 Å². The number of carbonyl (C=O) groups excluding carboxylic acids is 1. The standard InChI is InChI=1S/C15H28F3NO/c1-3-5-10-13(9-4-2)11-7-6-8-12-19-14(20)15(16,17)18/h13H,3-12H2,1-2H3,(H,19,20). The quantitative estimate of drug-likeness (QED) is 0.543. The number of rotatable bonds is 11. The van der Waals surface area contributed by atoms with E-state index in [1.807, 2.05) is 5.32 Å². The molecule has 0 aliphatic heterocycles. The number of hydrogen-bond acceptors (Lipinski definition) is 1. The van der Waals surface area contributed by atoms with Gasteiger partial charge in [0.15, 0.2) is 0 Å². The Hall–Kier alpha value is -0.740. The number of alkyl halides is 3. The summed E-state index contributed by atoms with van der Waals surface area (Å²) in [4.78, 5) is 10.6. The fraction of sp³-hybridized carbons (Fsp3) is 0.933. The molecule has 5 heteroatoms. The highest BCUT2D eigenvalue weighted by Crippen LogP contribution is 2.21. The molecule has 2 nitrogen and oxygen atoms in total. The summed E-state index contributed by atoms with van der Waals surface area (Å²) >= 11 is 0. The molecule has 1 atom stereocenters. The van der Waals surface area contributed by atoms with Crippen LogP contribution in [0, 0.1) is 5.92 Å². The Morgan fingerprint density at radius 1 is 0.950 bits per heavy atom. The van der Waals surface area contributed by atoms with Crippen molar-refractivity contribution in [2.24, 2.45) is 5.92 Å². The van der Waals surface area contributed by atoms with Crippen LogP contribution in [-0.2, 0) is 4.79 Å². The molecule has 1 amide bonds. The maximum absolute atomic E-state index is 11.9. The average Bonchev–Trinajstić information content (AvgIpc) is 2.38. The van der Waals surface area contributed by atoms with E-state index >= 15 is 0 Å². The molecule has 1 unspecified atom stereocenters. The maximum Gasteiger partial charge on any atom is 0.471 e. The van der Waals surface area contributed by atoms with E-state index in [-0.39, 0.29) is 6.54 Å². The lowest BCUT2D eigenvalue weighted by Gasteiger charge is -2.15. The monoisotopic (exact) mass is 295 g/mol. The lowest BCUT2D eigenvalue weighted by Crippen LogP contribution is -2.37. The third kappa shape index (κ3) is 10.1. The summed E-state index contributed by atoms with van der Waals surface area (Å²) in [6, 6.07) is 0. The molecule has 1 N–H and O–H groups in total. The third-order valence-electron chi connectivity index (χ3n) is 3.50. The number of unbranched alkanes of at least 4 members (excludes halogenated alkanes) is 3. The predicted octanol–water partition coefficient (Wildman–Crippen LogP) is 4.83. The lowest BCUT2D eigenvalue weighted by atomic mass is 9.91. The van der Waals surface area contributed by atoms with Crippen LogP contribution in [0.5, 0.6) is 0 Å². The van der Waals surface area contributed by atoms with E-state index in [1.54, 1.807) is 0 Å². The van der Waals surface area contributed by atoms with E-state index in [9.17, 15) is 18.0 Å². The summed E-state index contributed by atoms with van der Waals surface area (Å²) in [5.41, 5.74) is 0. The molecular formula is C15H28F3NO. The van der Waals surface area contributed by atoms with Crippen molar-refractivity contribution in [1.29, 1.82) is 0 Å². The van der Waals surface area contributed by atoms with Gasteiger partial charge < -0.3 is 5.32 Å². The molecule has 0 saturated carbocycles. The SMILES string of the molecule is CCCCC(CCC)CCCCCNC(=O)C(F)(F)F. The van der Waals surface area contributed by atoms with E-state index in [0.717, 1.165) is 25.2 Å². The first-order valence-electron chi connectivity index (χ1n) is 7.76. The number of hydrogen-bond donors (Lipinski definition) is 1. The minimum atomic E-state index is -4.76. The van der Waals surface area contributed by atoms with Crippen molar-refractivity contribution >= 4 is 5.91 Å². The Balaban J connectivity index is 3.61. The highest BCUT2D eigenvalue weighted by molar-refractivity contribution is 5.81. The average molecular weight is 295 g/mol. The van der Waals surface area contributed by atoms with Crippen molar-refractivity contribution in [3.63, 3.8) is 0 Å². The van der Waals surface area contributed by atoms with Gasteiger partial charge in [-0.25, -0.2) is 0 Å². The normalized spacial score (nSPS) is 13.2. The molecule has 0 aromatic rings. The number of carbonyl (C=O) groups is 1. The van der Waals surface area contributed by atoms with Crippen LogP contribution in [0.1, 0.15) is 71.6 Å². The van der Waals surface area contributed by atoms with Crippen LogP contribution in [0.25, 0.3) is 0 Å². The summed E-state index contributed by atoms with van der Waals surface area (Å²) in [5, 5.41) is 1.91. The van der Waals surface area contributed by atoms with Gasteiger partial charge in [-0.1, -0.05) is 65.2 Å². The molecule has 0 aromatic carbocycles. The van der Waals surface area contributed by atoms with Gasteiger partial charge in [-0.3, -0.25) is 4.79 Å². The molecule has 0 aliphatic carbocycles. The smallest absolute Gasteiger partial charge is 0.348 e. The summed E-state index contributed by atoms with van der Waals surface area (Å²) in [6.07, 6.45) is 5.09.